The van der Waals surface area contributed by atoms with Gasteiger partial charge in [0.15, 0.2) is 0 Å². The number of aryl methyl sites for hydroxylation is 1. The van der Waals surface area contributed by atoms with Crippen LogP contribution in [0.5, 0.6) is 0 Å². The van der Waals surface area contributed by atoms with Crippen molar-refractivity contribution in [2.45, 2.75) is 51.0 Å². The van der Waals surface area contributed by atoms with Gasteiger partial charge in [-0.15, -0.1) is 0 Å². The Morgan fingerprint density at radius 2 is 2.10 bits per heavy atom. The molecule has 0 radical (unpaired) electrons. The summed E-state index contributed by atoms with van der Waals surface area (Å²) in [4.78, 5) is 29.0. The lowest BCUT2D eigenvalue weighted by molar-refractivity contribution is -0.122. The third kappa shape index (κ3) is 3.23. The van der Waals surface area contributed by atoms with Gasteiger partial charge >= 0.3 is 0 Å². The van der Waals surface area contributed by atoms with Gasteiger partial charge in [-0.25, -0.2) is 0 Å². The molecule has 112 valence electrons. The fraction of sp³-hybridized carbons (Fsp3) is 0.562. The van der Waals surface area contributed by atoms with Crippen LogP contribution in [-0.2, 0) is 4.79 Å². The maximum Gasteiger partial charge on any atom is 0.253 e. The van der Waals surface area contributed by atoms with E-state index < -0.39 is 6.04 Å². The van der Waals surface area contributed by atoms with E-state index in [4.69, 9.17) is 0 Å². The average molecular weight is 287 g/mol. The van der Waals surface area contributed by atoms with E-state index in [1.807, 2.05) is 19.1 Å². The standard InChI is InChI=1S/C16H21N3O2/c1-10-5-8-12(14(18-10)11-6-7-11)15(20)19-13-4-2-3-9-17-16(13)21/h5,8,11,13H,2-4,6-7,9H2,1H3,(H,17,21)(H,19,20). The molecule has 2 heterocycles. The van der Waals surface area contributed by atoms with Gasteiger partial charge in [0.05, 0.1) is 11.3 Å². The lowest BCUT2D eigenvalue weighted by Crippen LogP contribution is -2.45. The van der Waals surface area contributed by atoms with Gasteiger partial charge in [-0.1, -0.05) is 0 Å². The minimum absolute atomic E-state index is 0.0751. The molecule has 1 saturated heterocycles. The summed E-state index contributed by atoms with van der Waals surface area (Å²) in [6.07, 6.45) is 4.82. The van der Waals surface area contributed by atoms with Crippen molar-refractivity contribution in [2.24, 2.45) is 0 Å². The molecule has 3 rings (SSSR count). The van der Waals surface area contributed by atoms with Crippen LogP contribution in [0.15, 0.2) is 12.1 Å². The van der Waals surface area contributed by atoms with Gasteiger partial charge in [0.2, 0.25) is 5.91 Å². The second-order valence-corrected chi connectivity index (χ2v) is 5.97. The SMILES string of the molecule is Cc1ccc(C(=O)NC2CCCCNC2=O)c(C2CC2)n1. The molecular weight excluding hydrogens is 266 g/mol. The van der Waals surface area contributed by atoms with Crippen LogP contribution in [0.1, 0.15) is 59.8 Å². The molecule has 1 aliphatic heterocycles. The summed E-state index contributed by atoms with van der Waals surface area (Å²) in [5.41, 5.74) is 2.45. The first-order valence-electron chi connectivity index (χ1n) is 7.71. The molecule has 1 aliphatic carbocycles. The quantitative estimate of drug-likeness (QED) is 0.888. The molecule has 1 saturated carbocycles. The van der Waals surface area contributed by atoms with Crippen LogP contribution in [0.2, 0.25) is 0 Å². The van der Waals surface area contributed by atoms with Gasteiger partial charge in [-0.2, -0.15) is 0 Å². The van der Waals surface area contributed by atoms with Crippen LogP contribution < -0.4 is 10.6 Å². The molecule has 1 unspecified atom stereocenters. The number of nitrogens with one attached hydrogen (secondary N) is 2. The van der Waals surface area contributed by atoms with Crippen molar-refractivity contribution in [1.82, 2.24) is 15.6 Å². The molecule has 2 fully saturated rings. The van der Waals surface area contributed by atoms with Gasteiger partial charge in [0.1, 0.15) is 6.04 Å². The van der Waals surface area contributed by atoms with Gasteiger partial charge in [0.25, 0.3) is 5.91 Å². The highest BCUT2D eigenvalue weighted by atomic mass is 16.2. The van der Waals surface area contributed by atoms with E-state index >= 15 is 0 Å². The molecule has 1 atom stereocenters. The van der Waals surface area contributed by atoms with E-state index in [0.717, 1.165) is 37.1 Å². The number of nitrogens with zero attached hydrogens (tertiary/aromatic N) is 1. The Bertz CT molecular complexity index is 567. The van der Waals surface area contributed by atoms with Crippen molar-refractivity contribution < 1.29 is 9.59 Å². The van der Waals surface area contributed by atoms with E-state index in [1.54, 1.807) is 0 Å². The molecule has 1 aromatic rings. The topological polar surface area (TPSA) is 71.1 Å². The summed E-state index contributed by atoms with van der Waals surface area (Å²) in [7, 11) is 0. The predicted octanol–water partition coefficient (Wildman–Crippen LogP) is 1.67. The van der Waals surface area contributed by atoms with Crippen molar-refractivity contribution in [2.75, 3.05) is 6.54 Å². The zero-order valence-electron chi connectivity index (χ0n) is 12.3. The highest BCUT2D eigenvalue weighted by molar-refractivity contribution is 5.98. The minimum atomic E-state index is -0.423. The van der Waals surface area contributed by atoms with E-state index in [9.17, 15) is 9.59 Å². The number of hydrogen-bond acceptors (Lipinski definition) is 3. The van der Waals surface area contributed by atoms with Crippen molar-refractivity contribution in [3.05, 3.63) is 29.1 Å². The third-order valence-corrected chi connectivity index (χ3v) is 4.11. The number of hydrogen-bond donors (Lipinski definition) is 2. The van der Waals surface area contributed by atoms with Gasteiger partial charge in [-0.05, 0) is 51.2 Å². The summed E-state index contributed by atoms with van der Waals surface area (Å²) in [5, 5.41) is 5.72. The Kier molecular flexibility index (Phi) is 3.90. The minimum Gasteiger partial charge on any atom is -0.354 e. The highest BCUT2D eigenvalue weighted by Gasteiger charge is 2.31. The Hall–Kier alpha value is -1.91. The van der Waals surface area contributed by atoms with Crippen LogP contribution >= 0.6 is 0 Å². The fourth-order valence-electron chi connectivity index (χ4n) is 2.75. The van der Waals surface area contributed by atoms with Crippen molar-refractivity contribution >= 4 is 11.8 Å². The predicted molar refractivity (Wildman–Crippen MR) is 79.1 cm³/mol. The monoisotopic (exact) mass is 287 g/mol. The molecule has 0 aromatic carbocycles. The lowest BCUT2D eigenvalue weighted by atomic mass is 10.1. The fourth-order valence-corrected chi connectivity index (χ4v) is 2.75. The van der Waals surface area contributed by atoms with Crippen LogP contribution in [-0.4, -0.2) is 29.4 Å². The molecule has 21 heavy (non-hydrogen) atoms. The molecule has 2 aliphatic rings. The molecule has 5 heteroatoms. The third-order valence-electron chi connectivity index (χ3n) is 4.11. The van der Waals surface area contributed by atoms with Crippen LogP contribution in [0.4, 0.5) is 0 Å². The van der Waals surface area contributed by atoms with Gasteiger partial charge < -0.3 is 10.6 Å². The Balaban J connectivity index is 1.77. The molecule has 2 N–H and O–H groups in total. The molecule has 0 bridgehead atoms. The van der Waals surface area contributed by atoms with Crippen molar-refractivity contribution in [3.8, 4) is 0 Å². The normalized spacial score (nSPS) is 22.3. The molecule has 2 amide bonds. The summed E-state index contributed by atoms with van der Waals surface area (Å²) < 4.78 is 0. The number of carbonyl (C=O) groups is 2. The largest absolute Gasteiger partial charge is 0.354 e. The summed E-state index contributed by atoms with van der Waals surface area (Å²) in [6, 6.07) is 3.27. The first-order chi connectivity index (χ1) is 10.1. The zero-order valence-corrected chi connectivity index (χ0v) is 12.3. The van der Waals surface area contributed by atoms with Crippen LogP contribution in [0.3, 0.4) is 0 Å². The summed E-state index contributed by atoms with van der Waals surface area (Å²) in [6.45, 7) is 2.64. The number of aromatic nitrogens is 1. The van der Waals surface area contributed by atoms with Crippen LogP contribution in [0, 0.1) is 6.92 Å². The van der Waals surface area contributed by atoms with E-state index in [1.165, 1.54) is 0 Å². The molecular formula is C16H21N3O2. The Labute approximate surface area is 124 Å². The first kappa shape index (κ1) is 14.0. The maximum atomic E-state index is 12.5. The maximum absolute atomic E-state index is 12.5. The number of carbonyl (C=O) groups excluding carboxylic acids is 2. The Morgan fingerprint density at radius 1 is 1.29 bits per heavy atom. The van der Waals surface area contributed by atoms with E-state index in [2.05, 4.69) is 15.6 Å². The molecule has 1 aromatic heterocycles. The first-order valence-corrected chi connectivity index (χ1v) is 7.71. The molecule has 5 nitrogen and oxygen atoms in total. The van der Waals surface area contributed by atoms with Crippen LogP contribution in [0.25, 0.3) is 0 Å². The molecule has 0 spiro atoms. The zero-order chi connectivity index (χ0) is 14.8. The lowest BCUT2D eigenvalue weighted by Gasteiger charge is -2.16. The second-order valence-electron chi connectivity index (χ2n) is 5.97. The Morgan fingerprint density at radius 3 is 2.86 bits per heavy atom. The number of pyridine rings is 1. The number of amides is 2. The van der Waals surface area contributed by atoms with E-state index in [0.29, 0.717) is 24.4 Å². The van der Waals surface area contributed by atoms with Crippen molar-refractivity contribution in [3.63, 3.8) is 0 Å². The summed E-state index contributed by atoms with van der Waals surface area (Å²) >= 11 is 0. The second kappa shape index (κ2) is 5.84. The van der Waals surface area contributed by atoms with Gasteiger partial charge in [-0.3, -0.25) is 14.6 Å². The van der Waals surface area contributed by atoms with Crippen molar-refractivity contribution in [1.29, 1.82) is 0 Å². The highest BCUT2D eigenvalue weighted by Crippen LogP contribution is 2.40. The number of rotatable bonds is 3. The average Bonchev–Trinajstić information content (AvgIpc) is 3.29. The summed E-state index contributed by atoms with van der Waals surface area (Å²) in [5.74, 6) is 0.161. The van der Waals surface area contributed by atoms with E-state index in [-0.39, 0.29) is 11.8 Å². The van der Waals surface area contributed by atoms with Gasteiger partial charge in [0, 0.05) is 18.2 Å². The smallest absolute Gasteiger partial charge is 0.253 e.